The van der Waals surface area contributed by atoms with Crippen LogP contribution < -0.4 is 9.47 Å². The van der Waals surface area contributed by atoms with Crippen LogP contribution in [-0.2, 0) is 0 Å². The molecule has 2 heteroatoms. The Morgan fingerprint density at radius 3 is 1.38 bits per heavy atom. The third-order valence-electron chi connectivity index (χ3n) is 5.13. The van der Waals surface area contributed by atoms with E-state index in [1.54, 1.807) is 0 Å². The molecule has 0 heterocycles. The van der Waals surface area contributed by atoms with Crippen LogP contribution in [0.4, 0.5) is 0 Å². The molecule has 0 aromatic heterocycles. The summed E-state index contributed by atoms with van der Waals surface area (Å²) in [6.45, 7) is 2.02. The lowest BCUT2D eigenvalue weighted by atomic mass is 10.1. The summed E-state index contributed by atoms with van der Waals surface area (Å²) >= 11 is 0. The molecule has 0 saturated heterocycles. The maximum absolute atomic E-state index is 6.19. The second-order valence-corrected chi connectivity index (χ2v) is 7.10. The summed E-state index contributed by atoms with van der Waals surface area (Å²) in [5.41, 5.74) is 0.966. The van der Waals surface area contributed by atoms with E-state index < -0.39 is 0 Å². The Balaban J connectivity index is 1.43. The topological polar surface area (TPSA) is 18.5 Å². The lowest BCUT2D eigenvalue weighted by Gasteiger charge is -2.14. The van der Waals surface area contributed by atoms with E-state index in [1.807, 2.05) is 61.5 Å². The Bertz CT molecular complexity index is 1220. The van der Waals surface area contributed by atoms with E-state index in [4.69, 9.17) is 9.47 Å². The van der Waals surface area contributed by atoms with Crippen LogP contribution in [0, 0.1) is 6.92 Å². The van der Waals surface area contributed by atoms with Gasteiger partial charge in [-0.15, -0.1) is 0 Å². The molecule has 0 aliphatic heterocycles. The fourth-order valence-corrected chi connectivity index (χ4v) is 3.53. The normalized spacial score (nSPS) is 10.9. The van der Waals surface area contributed by atoms with Gasteiger partial charge in [0.1, 0.15) is 23.0 Å². The van der Waals surface area contributed by atoms with Crippen LogP contribution in [0.3, 0.4) is 0 Å². The average Bonchev–Trinajstić information content (AvgIpc) is 2.76. The minimum Gasteiger partial charge on any atom is -0.457 e. The van der Waals surface area contributed by atoms with Crippen LogP contribution in [0.2, 0.25) is 0 Å². The van der Waals surface area contributed by atoms with Crippen LogP contribution >= 0.6 is 0 Å². The molecule has 0 fully saturated rings. The molecular formula is C27H20O2. The monoisotopic (exact) mass is 376 g/mol. The van der Waals surface area contributed by atoms with Gasteiger partial charge >= 0.3 is 0 Å². The van der Waals surface area contributed by atoms with Gasteiger partial charge in [-0.3, -0.25) is 0 Å². The fraction of sp³-hybridized carbons (Fsp3) is 0.0370. The molecular weight excluding hydrogens is 356 g/mol. The summed E-state index contributed by atoms with van der Waals surface area (Å²) in [4.78, 5) is 0. The van der Waals surface area contributed by atoms with Gasteiger partial charge in [0.2, 0.25) is 0 Å². The molecule has 0 unspecified atom stereocenters. The first-order valence-electron chi connectivity index (χ1n) is 9.69. The molecule has 5 rings (SSSR count). The number of ether oxygens (including phenoxy) is 2. The van der Waals surface area contributed by atoms with Crippen LogP contribution in [0.5, 0.6) is 23.0 Å². The van der Waals surface area contributed by atoms with Crippen molar-refractivity contribution in [1.82, 2.24) is 0 Å². The highest BCUT2D eigenvalue weighted by atomic mass is 16.5. The Kier molecular flexibility index (Phi) is 4.38. The predicted molar refractivity (Wildman–Crippen MR) is 119 cm³/mol. The van der Waals surface area contributed by atoms with Gasteiger partial charge in [0.05, 0.1) is 0 Å². The maximum Gasteiger partial charge on any atom is 0.134 e. The minimum atomic E-state index is 0.790. The van der Waals surface area contributed by atoms with Gasteiger partial charge < -0.3 is 9.47 Å². The molecule has 140 valence electrons. The first-order chi connectivity index (χ1) is 14.3. The summed E-state index contributed by atoms with van der Waals surface area (Å²) in [5.74, 6) is 3.21. The second kappa shape index (κ2) is 7.33. The lowest BCUT2D eigenvalue weighted by Crippen LogP contribution is -1.92. The maximum atomic E-state index is 6.19. The zero-order valence-corrected chi connectivity index (χ0v) is 16.1. The number of fused-ring (bicyclic) bond motifs is 2. The number of benzene rings is 5. The van der Waals surface area contributed by atoms with E-state index >= 15 is 0 Å². The summed E-state index contributed by atoms with van der Waals surface area (Å²) in [5, 5.41) is 4.72. The lowest BCUT2D eigenvalue weighted by molar-refractivity contribution is 0.454. The van der Waals surface area contributed by atoms with Crippen molar-refractivity contribution in [3.8, 4) is 23.0 Å². The molecule has 0 bridgehead atoms. The van der Waals surface area contributed by atoms with Crippen LogP contribution in [0.1, 0.15) is 5.56 Å². The van der Waals surface area contributed by atoms with Crippen molar-refractivity contribution in [3.63, 3.8) is 0 Å². The van der Waals surface area contributed by atoms with Crippen molar-refractivity contribution < 1.29 is 9.47 Å². The summed E-state index contributed by atoms with van der Waals surface area (Å²) < 4.78 is 12.4. The molecule has 0 aliphatic carbocycles. The molecule has 0 spiro atoms. The fourth-order valence-electron chi connectivity index (χ4n) is 3.53. The van der Waals surface area contributed by atoms with Gasteiger partial charge in [0.15, 0.2) is 0 Å². The van der Waals surface area contributed by atoms with Crippen LogP contribution in [-0.4, -0.2) is 0 Å². The molecule has 0 N–H and O–H groups in total. The Morgan fingerprint density at radius 1 is 0.448 bits per heavy atom. The summed E-state index contributed by atoms with van der Waals surface area (Å²) in [6, 6.07) is 34.7. The third-order valence-corrected chi connectivity index (χ3v) is 5.13. The SMILES string of the molecule is Cc1c(Oc2ccc3ccccc3c2)cccc1Oc1ccc2ccccc2c1. The molecule has 2 nitrogen and oxygen atoms in total. The molecule has 0 saturated carbocycles. The summed E-state index contributed by atoms with van der Waals surface area (Å²) in [6.07, 6.45) is 0. The van der Waals surface area contributed by atoms with Crippen molar-refractivity contribution in [1.29, 1.82) is 0 Å². The number of hydrogen-bond acceptors (Lipinski definition) is 2. The summed E-state index contributed by atoms with van der Waals surface area (Å²) in [7, 11) is 0. The Labute approximate surface area is 170 Å². The van der Waals surface area contributed by atoms with Crippen molar-refractivity contribution in [3.05, 3.63) is 109 Å². The Morgan fingerprint density at radius 2 is 0.897 bits per heavy atom. The average molecular weight is 376 g/mol. The van der Waals surface area contributed by atoms with Gasteiger partial charge in [-0.2, -0.15) is 0 Å². The van der Waals surface area contributed by atoms with Gasteiger partial charge in [-0.25, -0.2) is 0 Å². The van der Waals surface area contributed by atoms with E-state index in [-0.39, 0.29) is 0 Å². The molecule has 29 heavy (non-hydrogen) atoms. The molecule has 5 aromatic carbocycles. The smallest absolute Gasteiger partial charge is 0.134 e. The molecule has 0 aliphatic rings. The highest BCUT2D eigenvalue weighted by Gasteiger charge is 2.09. The van der Waals surface area contributed by atoms with Crippen molar-refractivity contribution >= 4 is 21.5 Å². The zero-order valence-electron chi connectivity index (χ0n) is 16.1. The largest absolute Gasteiger partial charge is 0.457 e. The highest BCUT2D eigenvalue weighted by Crippen LogP contribution is 2.35. The van der Waals surface area contributed by atoms with Gasteiger partial charge in [0, 0.05) is 5.56 Å². The van der Waals surface area contributed by atoms with E-state index in [0.29, 0.717) is 0 Å². The van der Waals surface area contributed by atoms with Crippen molar-refractivity contribution in [2.75, 3.05) is 0 Å². The predicted octanol–water partition coefficient (Wildman–Crippen LogP) is 7.89. The molecule has 5 aromatic rings. The van der Waals surface area contributed by atoms with E-state index in [9.17, 15) is 0 Å². The first-order valence-corrected chi connectivity index (χ1v) is 9.69. The molecule has 0 radical (unpaired) electrons. The van der Waals surface area contributed by atoms with Gasteiger partial charge in [-0.05, 0) is 64.9 Å². The first kappa shape index (κ1) is 17.3. The van der Waals surface area contributed by atoms with E-state index in [2.05, 4.69) is 48.5 Å². The Hall–Kier alpha value is -3.78. The molecule has 0 amide bonds. The van der Waals surface area contributed by atoms with Crippen LogP contribution in [0.15, 0.2) is 103 Å². The van der Waals surface area contributed by atoms with Crippen LogP contribution in [0.25, 0.3) is 21.5 Å². The highest BCUT2D eigenvalue weighted by molar-refractivity contribution is 5.84. The third kappa shape index (κ3) is 3.53. The van der Waals surface area contributed by atoms with E-state index in [1.165, 1.54) is 10.8 Å². The standard InChI is InChI=1S/C27H20O2/c1-19-26(28-24-15-13-20-7-2-4-9-22(20)17-24)11-6-12-27(19)29-25-16-14-21-8-3-5-10-23(21)18-25/h2-18H,1H3. The van der Waals surface area contributed by atoms with Gasteiger partial charge in [0.25, 0.3) is 0 Å². The number of hydrogen-bond donors (Lipinski definition) is 0. The van der Waals surface area contributed by atoms with Crippen molar-refractivity contribution in [2.24, 2.45) is 0 Å². The molecule has 0 atom stereocenters. The minimum absolute atomic E-state index is 0.790. The van der Waals surface area contributed by atoms with Crippen molar-refractivity contribution in [2.45, 2.75) is 6.92 Å². The number of rotatable bonds is 4. The van der Waals surface area contributed by atoms with E-state index in [0.717, 1.165) is 39.3 Å². The quantitative estimate of drug-likeness (QED) is 0.317. The zero-order chi connectivity index (χ0) is 19.6. The second-order valence-electron chi connectivity index (χ2n) is 7.10. The van der Waals surface area contributed by atoms with Gasteiger partial charge in [-0.1, -0.05) is 66.7 Å².